The van der Waals surface area contributed by atoms with Crippen molar-refractivity contribution >= 4 is 18.7 Å². The quantitative estimate of drug-likeness (QED) is 0.0827. The van der Waals surface area contributed by atoms with Crippen LogP contribution >= 0.6 is 0 Å². The molecule has 0 heterocycles. The van der Waals surface area contributed by atoms with Gasteiger partial charge in [-0.15, -0.1) is 0 Å². The summed E-state index contributed by atoms with van der Waals surface area (Å²) in [5.74, 6) is 0. The van der Waals surface area contributed by atoms with Gasteiger partial charge in [-0.05, 0) is 15.4 Å². The van der Waals surface area contributed by atoms with Crippen molar-refractivity contribution in [3.05, 3.63) is 60.7 Å². The van der Waals surface area contributed by atoms with Gasteiger partial charge in [-0.25, -0.2) is 0 Å². The van der Waals surface area contributed by atoms with Crippen molar-refractivity contribution in [2.45, 2.75) is 25.8 Å². The van der Waals surface area contributed by atoms with Crippen LogP contribution in [-0.2, 0) is 51.8 Å². The van der Waals surface area contributed by atoms with Crippen LogP contribution in [0.2, 0.25) is 5.04 Å². The van der Waals surface area contributed by atoms with Gasteiger partial charge in [0, 0.05) is 0 Å². The van der Waals surface area contributed by atoms with E-state index in [9.17, 15) is 0 Å². The Morgan fingerprint density at radius 1 is 0.373 bits per heavy atom. The zero-order valence-electron chi connectivity index (χ0n) is 31.3. The van der Waals surface area contributed by atoms with Gasteiger partial charge in [0.1, 0.15) is 0 Å². The smallest absolute Gasteiger partial charge is 0.261 e. The molecule has 12 nitrogen and oxygen atoms in total. The highest BCUT2D eigenvalue weighted by molar-refractivity contribution is 6.99. The lowest BCUT2D eigenvalue weighted by Crippen LogP contribution is -2.66. The molecule has 0 aliphatic carbocycles. The van der Waals surface area contributed by atoms with E-state index in [1.807, 2.05) is 0 Å². The van der Waals surface area contributed by atoms with Gasteiger partial charge in [0.2, 0.25) is 0 Å². The first-order valence-electron chi connectivity index (χ1n) is 18.2. The topological polar surface area (TPSA) is 122 Å². The normalized spacial score (nSPS) is 12.2. The minimum atomic E-state index is -2.54. The first-order chi connectivity index (χ1) is 25.0. The average Bonchev–Trinajstić information content (AvgIpc) is 3.14. The lowest BCUT2D eigenvalue weighted by atomic mass is 10.2. The van der Waals surface area contributed by atoms with Crippen LogP contribution in [0.4, 0.5) is 0 Å². The van der Waals surface area contributed by atoms with E-state index in [1.54, 1.807) is 0 Å². The molecule has 0 saturated carbocycles. The highest BCUT2D eigenvalue weighted by atomic mass is 28.4. The predicted octanol–water partition coefficient (Wildman–Crippen LogP) is 2.72. The average molecular weight is 741 g/mol. The Bertz CT molecular complexity index is 989. The third kappa shape index (κ3) is 20.9. The zero-order valence-corrected chi connectivity index (χ0v) is 32.3. The second kappa shape index (κ2) is 30.6. The number of ether oxygens (including phenoxy) is 10. The summed E-state index contributed by atoms with van der Waals surface area (Å²) in [6, 6.07) is 21.3. The second-order valence-electron chi connectivity index (χ2n) is 12.4. The van der Waals surface area contributed by atoms with E-state index in [-0.39, 0.29) is 11.6 Å². The number of hydrogen-bond acceptors (Lipinski definition) is 12. The van der Waals surface area contributed by atoms with Crippen molar-refractivity contribution in [2.24, 2.45) is 0 Å². The molecule has 0 aliphatic heterocycles. The van der Waals surface area contributed by atoms with Crippen molar-refractivity contribution in [3.8, 4) is 0 Å². The van der Waals surface area contributed by atoms with Gasteiger partial charge in [-0.2, -0.15) is 0 Å². The van der Waals surface area contributed by atoms with Gasteiger partial charge in [0.05, 0.1) is 145 Å². The summed E-state index contributed by atoms with van der Waals surface area (Å²) in [7, 11) is -2.54. The van der Waals surface area contributed by atoms with Gasteiger partial charge in [0.25, 0.3) is 8.32 Å². The first kappa shape index (κ1) is 45.3. The fourth-order valence-corrected chi connectivity index (χ4v) is 9.71. The lowest BCUT2D eigenvalue weighted by Gasteiger charge is -2.43. The van der Waals surface area contributed by atoms with Crippen LogP contribution in [-0.4, -0.2) is 159 Å². The van der Waals surface area contributed by atoms with E-state index in [0.29, 0.717) is 139 Å². The first-order valence-corrected chi connectivity index (χ1v) is 20.1. The number of rotatable bonds is 35. The van der Waals surface area contributed by atoms with Gasteiger partial charge in [0.15, 0.2) is 0 Å². The Morgan fingerprint density at radius 2 is 0.608 bits per heavy atom. The minimum Gasteiger partial charge on any atom is -0.405 e. The Balaban J connectivity index is 1.33. The predicted molar refractivity (Wildman–Crippen MR) is 199 cm³/mol. The molecule has 0 spiro atoms. The van der Waals surface area contributed by atoms with E-state index >= 15 is 0 Å². The van der Waals surface area contributed by atoms with Crippen molar-refractivity contribution in [1.82, 2.24) is 0 Å². The van der Waals surface area contributed by atoms with Crippen LogP contribution in [0, 0.1) is 0 Å². The SMILES string of the molecule is CC(C)(C)[Si](OCCOCCOCCOCCOCCOCCOCCOCCOCCOCCOCCO)(c1ccccc1)c1ccccc1. The fourth-order valence-electron chi connectivity index (χ4n) is 5.16. The Labute approximate surface area is 307 Å². The molecular weight excluding hydrogens is 676 g/mol. The third-order valence-corrected chi connectivity index (χ3v) is 12.6. The van der Waals surface area contributed by atoms with Gasteiger partial charge in [-0.1, -0.05) is 81.4 Å². The van der Waals surface area contributed by atoms with Crippen LogP contribution < -0.4 is 10.4 Å². The number of hydrogen-bond donors (Lipinski definition) is 1. The number of aliphatic hydroxyl groups excluding tert-OH is 1. The summed E-state index contributed by atoms with van der Waals surface area (Å²) in [6.07, 6.45) is 0. The molecule has 0 amide bonds. The molecular formula is C38H64O12Si. The molecule has 2 aromatic carbocycles. The fraction of sp³-hybridized carbons (Fsp3) is 0.684. The summed E-state index contributed by atoms with van der Waals surface area (Å²) < 4.78 is 61.8. The highest BCUT2D eigenvalue weighted by Crippen LogP contribution is 2.36. The molecule has 2 aromatic rings. The molecule has 0 unspecified atom stereocenters. The van der Waals surface area contributed by atoms with Crippen LogP contribution in [0.25, 0.3) is 0 Å². The van der Waals surface area contributed by atoms with Crippen molar-refractivity contribution in [3.63, 3.8) is 0 Å². The van der Waals surface area contributed by atoms with Crippen LogP contribution in [0.15, 0.2) is 60.7 Å². The highest BCUT2D eigenvalue weighted by Gasteiger charge is 2.50. The van der Waals surface area contributed by atoms with E-state index in [4.69, 9.17) is 56.9 Å². The van der Waals surface area contributed by atoms with Crippen LogP contribution in [0.5, 0.6) is 0 Å². The van der Waals surface area contributed by atoms with Crippen molar-refractivity contribution < 1.29 is 56.9 Å². The molecule has 0 atom stereocenters. The molecule has 0 saturated heterocycles. The minimum absolute atomic E-state index is 0.0245. The van der Waals surface area contributed by atoms with Gasteiger partial charge in [-0.3, -0.25) is 0 Å². The number of benzene rings is 2. The van der Waals surface area contributed by atoms with E-state index in [1.165, 1.54) is 10.4 Å². The standard InChI is InChI=1S/C38H64O12Si/c1-38(2,3)51(36-10-6-4-7-11-36,37-12-8-5-9-13-37)50-35-34-49-33-32-48-31-30-47-29-28-46-27-26-45-25-24-44-23-22-43-21-20-42-19-18-41-17-16-40-15-14-39/h4-13,39H,14-35H2,1-3H3. The van der Waals surface area contributed by atoms with E-state index < -0.39 is 8.32 Å². The summed E-state index contributed by atoms with van der Waals surface area (Å²) in [5, 5.41) is 11.1. The Morgan fingerprint density at radius 3 is 0.843 bits per heavy atom. The third-order valence-electron chi connectivity index (χ3n) is 7.55. The Hall–Kier alpha value is -1.82. The maximum absolute atomic E-state index is 8.60. The largest absolute Gasteiger partial charge is 0.405 e. The van der Waals surface area contributed by atoms with Crippen LogP contribution in [0.3, 0.4) is 0 Å². The molecule has 0 bridgehead atoms. The van der Waals surface area contributed by atoms with Gasteiger partial charge >= 0.3 is 0 Å². The lowest BCUT2D eigenvalue weighted by molar-refractivity contribution is -0.0271. The summed E-state index contributed by atoms with van der Waals surface area (Å²) in [4.78, 5) is 0. The van der Waals surface area contributed by atoms with Gasteiger partial charge < -0.3 is 56.9 Å². The Kier molecular flexibility index (Phi) is 27.2. The summed E-state index contributed by atoms with van der Waals surface area (Å²) in [6.45, 7) is 17.2. The maximum Gasteiger partial charge on any atom is 0.261 e. The molecule has 1 N–H and O–H groups in total. The molecule has 13 heteroatoms. The molecule has 0 radical (unpaired) electrons. The monoisotopic (exact) mass is 740 g/mol. The van der Waals surface area contributed by atoms with Crippen LogP contribution in [0.1, 0.15) is 20.8 Å². The van der Waals surface area contributed by atoms with E-state index in [0.717, 1.165) is 0 Å². The molecule has 2 rings (SSSR count). The number of aliphatic hydroxyl groups is 1. The molecule has 0 aromatic heterocycles. The molecule has 292 valence electrons. The molecule has 0 fully saturated rings. The molecule has 0 aliphatic rings. The second-order valence-corrected chi connectivity index (χ2v) is 16.7. The van der Waals surface area contributed by atoms with Crippen molar-refractivity contribution in [2.75, 3.05) is 145 Å². The summed E-state index contributed by atoms with van der Waals surface area (Å²) in [5.41, 5.74) is 0. The maximum atomic E-state index is 8.60. The summed E-state index contributed by atoms with van der Waals surface area (Å²) >= 11 is 0. The van der Waals surface area contributed by atoms with Crippen molar-refractivity contribution in [1.29, 1.82) is 0 Å². The molecule has 51 heavy (non-hydrogen) atoms. The van der Waals surface area contributed by atoms with E-state index in [2.05, 4.69) is 81.4 Å². The zero-order chi connectivity index (χ0) is 36.6.